The van der Waals surface area contributed by atoms with Gasteiger partial charge in [-0.25, -0.2) is 0 Å². The molecular weight excluding hydrogens is 272 g/mol. The molecule has 2 heterocycles. The summed E-state index contributed by atoms with van der Waals surface area (Å²) in [6.45, 7) is 4.70. The summed E-state index contributed by atoms with van der Waals surface area (Å²) in [6, 6.07) is 9.90. The third-order valence-corrected chi connectivity index (χ3v) is 3.62. The van der Waals surface area contributed by atoms with E-state index in [-0.39, 0.29) is 6.10 Å². The van der Waals surface area contributed by atoms with Gasteiger partial charge < -0.3 is 4.74 Å². The minimum absolute atomic E-state index is 0.161. The molecule has 2 aromatic rings. The third kappa shape index (κ3) is 3.11. The van der Waals surface area contributed by atoms with E-state index in [1.165, 1.54) is 5.56 Å². The molecule has 1 aliphatic rings. The fraction of sp³-hybridized carbons (Fsp3) is 0.312. The van der Waals surface area contributed by atoms with E-state index in [0.717, 1.165) is 36.0 Å². The van der Waals surface area contributed by atoms with Gasteiger partial charge in [-0.15, -0.1) is 0 Å². The number of hydrogen-bond donors (Lipinski definition) is 0. The predicted octanol–water partition coefficient (Wildman–Crippen LogP) is 3.52. The molecule has 0 aliphatic carbocycles. The highest BCUT2D eigenvalue weighted by atomic mass is 35.5. The number of fused-ring (bicyclic) bond motifs is 1. The number of rotatable bonds is 2. The van der Waals surface area contributed by atoms with E-state index in [1.54, 1.807) is 6.20 Å². The van der Waals surface area contributed by atoms with Crippen LogP contribution in [0.2, 0.25) is 5.02 Å². The molecule has 3 nitrogen and oxygen atoms in total. The molecular formula is C16H17ClN2O. The van der Waals surface area contributed by atoms with Gasteiger partial charge in [0.15, 0.2) is 0 Å². The van der Waals surface area contributed by atoms with Crippen molar-refractivity contribution in [3.8, 4) is 5.75 Å². The lowest BCUT2D eigenvalue weighted by Gasteiger charge is -2.21. The van der Waals surface area contributed by atoms with E-state index in [0.29, 0.717) is 0 Å². The van der Waals surface area contributed by atoms with Crippen LogP contribution in [0.15, 0.2) is 42.7 Å². The van der Waals surface area contributed by atoms with Gasteiger partial charge in [0.2, 0.25) is 0 Å². The van der Waals surface area contributed by atoms with Crippen molar-refractivity contribution < 1.29 is 4.74 Å². The van der Waals surface area contributed by atoms with Crippen molar-refractivity contribution in [3.05, 3.63) is 58.9 Å². The molecule has 1 aromatic heterocycles. The SMILES string of the molecule is CC1CN(Cc2cccnc2)Cc2cc(Cl)ccc2O1. The molecule has 0 saturated heterocycles. The van der Waals surface area contributed by atoms with Crippen LogP contribution in [0.5, 0.6) is 5.75 Å². The monoisotopic (exact) mass is 288 g/mol. The zero-order valence-corrected chi connectivity index (χ0v) is 12.2. The number of ether oxygens (including phenoxy) is 1. The smallest absolute Gasteiger partial charge is 0.124 e. The van der Waals surface area contributed by atoms with Crippen molar-refractivity contribution in [2.24, 2.45) is 0 Å². The Kier molecular flexibility index (Phi) is 3.90. The lowest BCUT2D eigenvalue weighted by atomic mass is 10.2. The highest BCUT2D eigenvalue weighted by Crippen LogP contribution is 2.28. The van der Waals surface area contributed by atoms with E-state index in [1.807, 2.05) is 30.5 Å². The maximum absolute atomic E-state index is 6.09. The Hall–Kier alpha value is -1.58. The minimum atomic E-state index is 0.161. The molecule has 1 atom stereocenters. The summed E-state index contributed by atoms with van der Waals surface area (Å²) in [4.78, 5) is 6.54. The van der Waals surface area contributed by atoms with Crippen LogP contribution in [0, 0.1) is 0 Å². The Morgan fingerprint density at radius 2 is 2.30 bits per heavy atom. The number of nitrogens with zero attached hydrogens (tertiary/aromatic N) is 2. The highest BCUT2D eigenvalue weighted by molar-refractivity contribution is 6.30. The summed E-state index contributed by atoms with van der Waals surface area (Å²) in [6.07, 6.45) is 3.87. The van der Waals surface area contributed by atoms with Gasteiger partial charge in [0.1, 0.15) is 11.9 Å². The third-order valence-electron chi connectivity index (χ3n) is 3.39. The summed E-state index contributed by atoms with van der Waals surface area (Å²) < 4.78 is 5.96. The van der Waals surface area contributed by atoms with Crippen molar-refractivity contribution in [1.82, 2.24) is 9.88 Å². The second-order valence-electron chi connectivity index (χ2n) is 5.21. The number of halogens is 1. The second-order valence-corrected chi connectivity index (χ2v) is 5.65. The number of benzene rings is 1. The van der Waals surface area contributed by atoms with Gasteiger partial charge in [0.25, 0.3) is 0 Å². The first-order valence-corrected chi connectivity index (χ1v) is 7.15. The number of hydrogen-bond acceptors (Lipinski definition) is 3. The van der Waals surface area contributed by atoms with Gasteiger partial charge in [-0.2, -0.15) is 0 Å². The molecule has 0 fully saturated rings. The van der Waals surface area contributed by atoms with Gasteiger partial charge in [-0.3, -0.25) is 9.88 Å². The zero-order chi connectivity index (χ0) is 13.9. The number of aromatic nitrogens is 1. The van der Waals surface area contributed by atoms with Crippen LogP contribution in [0.25, 0.3) is 0 Å². The molecule has 0 spiro atoms. The van der Waals surface area contributed by atoms with Gasteiger partial charge in [-0.1, -0.05) is 17.7 Å². The van der Waals surface area contributed by atoms with Crippen LogP contribution in [0.1, 0.15) is 18.1 Å². The fourth-order valence-electron chi connectivity index (χ4n) is 2.58. The zero-order valence-electron chi connectivity index (χ0n) is 11.4. The highest BCUT2D eigenvalue weighted by Gasteiger charge is 2.20. The van der Waals surface area contributed by atoms with E-state index in [2.05, 4.69) is 22.9 Å². The molecule has 0 amide bonds. The Labute approximate surface area is 124 Å². The molecule has 0 bridgehead atoms. The maximum Gasteiger partial charge on any atom is 0.124 e. The van der Waals surface area contributed by atoms with E-state index in [4.69, 9.17) is 16.3 Å². The van der Waals surface area contributed by atoms with Crippen LogP contribution in [-0.2, 0) is 13.1 Å². The summed E-state index contributed by atoms with van der Waals surface area (Å²) >= 11 is 6.09. The normalized spacial score (nSPS) is 19.0. The van der Waals surface area contributed by atoms with E-state index in [9.17, 15) is 0 Å². The Morgan fingerprint density at radius 1 is 1.40 bits per heavy atom. The van der Waals surface area contributed by atoms with Crippen LogP contribution in [0.4, 0.5) is 0 Å². The largest absolute Gasteiger partial charge is 0.489 e. The van der Waals surface area contributed by atoms with Crippen molar-refractivity contribution in [1.29, 1.82) is 0 Å². The Morgan fingerprint density at radius 3 is 3.10 bits per heavy atom. The molecule has 104 valence electrons. The predicted molar refractivity (Wildman–Crippen MR) is 79.9 cm³/mol. The quantitative estimate of drug-likeness (QED) is 0.845. The van der Waals surface area contributed by atoms with Gasteiger partial charge in [-0.05, 0) is 36.8 Å². The average Bonchev–Trinajstić information content (AvgIpc) is 2.57. The second kappa shape index (κ2) is 5.81. The van der Waals surface area contributed by atoms with Gasteiger partial charge in [0, 0.05) is 42.6 Å². The first-order valence-electron chi connectivity index (χ1n) is 6.77. The minimum Gasteiger partial charge on any atom is -0.489 e. The molecule has 0 radical (unpaired) electrons. The van der Waals surface area contributed by atoms with Crippen molar-refractivity contribution >= 4 is 11.6 Å². The maximum atomic E-state index is 6.09. The summed E-state index contributed by atoms with van der Waals surface area (Å²) in [5.41, 5.74) is 2.36. The molecule has 1 unspecified atom stereocenters. The fourth-order valence-corrected chi connectivity index (χ4v) is 2.77. The van der Waals surface area contributed by atoms with Crippen LogP contribution >= 0.6 is 11.6 Å². The molecule has 0 saturated carbocycles. The molecule has 4 heteroatoms. The molecule has 0 N–H and O–H groups in total. The first-order chi connectivity index (χ1) is 9.70. The number of pyridine rings is 1. The van der Waals surface area contributed by atoms with E-state index < -0.39 is 0 Å². The lowest BCUT2D eigenvalue weighted by Crippen LogP contribution is -2.30. The summed E-state index contributed by atoms with van der Waals surface area (Å²) in [5, 5.41) is 0.753. The Balaban J connectivity index is 1.83. The molecule has 1 aromatic carbocycles. The van der Waals surface area contributed by atoms with Gasteiger partial charge >= 0.3 is 0 Å². The Bertz CT molecular complexity index is 588. The average molecular weight is 289 g/mol. The summed E-state index contributed by atoms with van der Waals surface area (Å²) in [5.74, 6) is 0.940. The van der Waals surface area contributed by atoms with Crippen LogP contribution < -0.4 is 4.74 Å². The van der Waals surface area contributed by atoms with Crippen molar-refractivity contribution in [2.75, 3.05) is 6.54 Å². The van der Waals surface area contributed by atoms with Crippen molar-refractivity contribution in [2.45, 2.75) is 26.1 Å². The molecule has 20 heavy (non-hydrogen) atoms. The van der Waals surface area contributed by atoms with Crippen LogP contribution in [0.3, 0.4) is 0 Å². The summed E-state index contributed by atoms with van der Waals surface area (Å²) in [7, 11) is 0. The molecule has 1 aliphatic heterocycles. The van der Waals surface area contributed by atoms with Gasteiger partial charge in [0.05, 0.1) is 0 Å². The standard InChI is InChI=1S/C16H17ClN2O/c1-12-9-19(10-13-3-2-6-18-8-13)11-14-7-15(17)4-5-16(14)20-12/h2-8,12H,9-11H2,1H3. The lowest BCUT2D eigenvalue weighted by molar-refractivity contribution is 0.156. The molecule has 3 rings (SSSR count). The van der Waals surface area contributed by atoms with Crippen molar-refractivity contribution in [3.63, 3.8) is 0 Å². The topological polar surface area (TPSA) is 25.4 Å². The van der Waals surface area contributed by atoms with Crippen LogP contribution in [-0.4, -0.2) is 22.5 Å². The van der Waals surface area contributed by atoms with E-state index >= 15 is 0 Å². The first kappa shape index (κ1) is 13.4.